The summed E-state index contributed by atoms with van der Waals surface area (Å²) in [6.45, 7) is 7.50. The third-order valence-corrected chi connectivity index (χ3v) is 2.61. The summed E-state index contributed by atoms with van der Waals surface area (Å²) in [5, 5.41) is 20.6. The predicted molar refractivity (Wildman–Crippen MR) is 57.9 cm³/mol. The molecule has 4 nitrogen and oxygen atoms in total. The van der Waals surface area contributed by atoms with Crippen LogP contribution in [0.5, 0.6) is 0 Å². The lowest BCUT2D eigenvalue weighted by Crippen LogP contribution is -2.43. The predicted octanol–water partition coefficient (Wildman–Crippen LogP) is 1.06. The number of carbonyl (C=O) groups is 1. The molecule has 0 aromatic heterocycles. The second-order valence-corrected chi connectivity index (χ2v) is 4.80. The van der Waals surface area contributed by atoms with Crippen molar-refractivity contribution in [3.05, 3.63) is 0 Å². The maximum absolute atomic E-state index is 11.7. The molecule has 15 heavy (non-hydrogen) atoms. The lowest BCUT2D eigenvalue weighted by Gasteiger charge is -2.25. The normalized spacial score (nSPS) is 15.2. The Kier molecular flexibility index (Phi) is 4.76. The molecule has 0 aliphatic rings. The number of amides is 1. The fraction of sp³-hybridized carbons (Fsp3) is 0.818. The summed E-state index contributed by atoms with van der Waals surface area (Å²) in [6, 6.07) is 2.01. The van der Waals surface area contributed by atoms with E-state index in [9.17, 15) is 4.79 Å². The van der Waals surface area contributed by atoms with Gasteiger partial charge in [-0.3, -0.25) is 4.79 Å². The van der Waals surface area contributed by atoms with Gasteiger partial charge in [-0.25, -0.2) is 0 Å². The number of nitriles is 1. The largest absolute Gasteiger partial charge is 0.396 e. The summed E-state index contributed by atoms with van der Waals surface area (Å²) >= 11 is 0. The van der Waals surface area contributed by atoms with Crippen LogP contribution in [0.15, 0.2) is 0 Å². The molecule has 0 saturated heterocycles. The molecular weight excluding hydrogens is 192 g/mol. The van der Waals surface area contributed by atoms with Crippen LogP contribution >= 0.6 is 0 Å². The molecule has 1 amide bonds. The van der Waals surface area contributed by atoms with Gasteiger partial charge in [-0.1, -0.05) is 20.8 Å². The number of aliphatic hydroxyl groups excluding tert-OH is 1. The van der Waals surface area contributed by atoms with Crippen molar-refractivity contribution in [3.63, 3.8) is 0 Å². The highest BCUT2D eigenvalue weighted by Gasteiger charge is 2.32. The monoisotopic (exact) mass is 212 g/mol. The molecule has 1 unspecified atom stereocenters. The molecular formula is C11H20N2O2. The average molecular weight is 212 g/mol. The van der Waals surface area contributed by atoms with Crippen LogP contribution in [-0.2, 0) is 4.79 Å². The van der Waals surface area contributed by atoms with Gasteiger partial charge in [-0.15, -0.1) is 0 Å². The van der Waals surface area contributed by atoms with Crippen molar-refractivity contribution in [2.24, 2.45) is 10.8 Å². The Labute approximate surface area is 91.3 Å². The van der Waals surface area contributed by atoms with Crippen LogP contribution in [-0.4, -0.2) is 24.2 Å². The summed E-state index contributed by atoms with van der Waals surface area (Å²) in [5.74, 6) is -0.269. The Morgan fingerprint density at radius 1 is 1.47 bits per heavy atom. The summed E-state index contributed by atoms with van der Waals surface area (Å²) in [6.07, 6.45) is 0.481. The number of nitrogens with one attached hydrogen (secondary N) is 1. The molecule has 86 valence electrons. The number of hydrogen-bond acceptors (Lipinski definition) is 3. The van der Waals surface area contributed by atoms with Crippen LogP contribution in [0, 0.1) is 22.2 Å². The van der Waals surface area contributed by atoms with E-state index in [1.807, 2.05) is 19.9 Å². The van der Waals surface area contributed by atoms with Crippen molar-refractivity contribution in [1.29, 1.82) is 5.26 Å². The van der Waals surface area contributed by atoms with Crippen molar-refractivity contribution < 1.29 is 9.90 Å². The standard InChI is InChI=1S/C11H20N2O2/c1-5-11(4,6-12)9(15)13-7-10(2,3)8-14/h14H,5,7-8H2,1-4H3,(H,13,15). The molecule has 0 heterocycles. The topological polar surface area (TPSA) is 73.1 Å². The summed E-state index contributed by atoms with van der Waals surface area (Å²) in [5.41, 5.74) is -1.31. The van der Waals surface area contributed by atoms with Gasteiger partial charge in [0.1, 0.15) is 5.41 Å². The van der Waals surface area contributed by atoms with Gasteiger partial charge in [0, 0.05) is 18.6 Å². The Bertz CT molecular complexity index is 268. The highest BCUT2D eigenvalue weighted by atomic mass is 16.3. The van der Waals surface area contributed by atoms with Crippen LogP contribution in [0.3, 0.4) is 0 Å². The second-order valence-electron chi connectivity index (χ2n) is 4.80. The van der Waals surface area contributed by atoms with Gasteiger partial charge in [0.25, 0.3) is 0 Å². The van der Waals surface area contributed by atoms with E-state index in [1.54, 1.807) is 13.8 Å². The molecule has 2 N–H and O–H groups in total. The highest BCUT2D eigenvalue weighted by molar-refractivity contribution is 5.84. The number of nitrogens with zero attached hydrogens (tertiary/aromatic N) is 1. The van der Waals surface area contributed by atoms with Gasteiger partial charge in [-0.2, -0.15) is 5.26 Å². The van der Waals surface area contributed by atoms with Gasteiger partial charge in [-0.05, 0) is 13.3 Å². The molecule has 1 atom stereocenters. The first-order chi connectivity index (χ1) is 6.81. The number of hydrogen-bond donors (Lipinski definition) is 2. The smallest absolute Gasteiger partial charge is 0.240 e. The molecule has 0 radical (unpaired) electrons. The van der Waals surface area contributed by atoms with E-state index in [4.69, 9.17) is 10.4 Å². The lowest BCUT2D eigenvalue weighted by atomic mass is 9.87. The van der Waals surface area contributed by atoms with E-state index < -0.39 is 5.41 Å². The fourth-order valence-corrected chi connectivity index (χ4v) is 0.861. The van der Waals surface area contributed by atoms with Gasteiger partial charge in [0.2, 0.25) is 5.91 Å². The zero-order valence-electron chi connectivity index (χ0n) is 9.92. The van der Waals surface area contributed by atoms with Crippen LogP contribution in [0.25, 0.3) is 0 Å². The van der Waals surface area contributed by atoms with Crippen molar-refractivity contribution in [2.75, 3.05) is 13.2 Å². The van der Waals surface area contributed by atoms with E-state index in [2.05, 4.69) is 5.32 Å². The molecule has 4 heteroatoms. The minimum absolute atomic E-state index is 0.00265. The number of aliphatic hydroxyl groups is 1. The molecule has 0 saturated carbocycles. The van der Waals surface area contributed by atoms with Crippen molar-refractivity contribution in [2.45, 2.75) is 34.1 Å². The van der Waals surface area contributed by atoms with E-state index in [0.29, 0.717) is 13.0 Å². The first-order valence-electron chi connectivity index (χ1n) is 5.12. The zero-order chi connectivity index (χ0) is 12.1. The zero-order valence-corrected chi connectivity index (χ0v) is 9.92. The highest BCUT2D eigenvalue weighted by Crippen LogP contribution is 2.20. The van der Waals surface area contributed by atoms with Crippen molar-refractivity contribution in [1.82, 2.24) is 5.32 Å². The van der Waals surface area contributed by atoms with Gasteiger partial charge in [0.05, 0.1) is 6.07 Å². The quantitative estimate of drug-likeness (QED) is 0.715. The maximum Gasteiger partial charge on any atom is 0.240 e. The minimum atomic E-state index is -0.967. The summed E-state index contributed by atoms with van der Waals surface area (Å²) in [4.78, 5) is 11.7. The maximum atomic E-state index is 11.7. The van der Waals surface area contributed by atoms with E-state index in [1.165, 1.54) is 0 Å². The Morgan fingerprint density at radius 2 is 2.00 bits per heavy atom. The minimum Gasteiger partial charge on any atom is -0.396 e. The lowest BCUT2D eigenvalue weighted by molar-refractivity contribution is -0.128. The van der Waals surface area contributed by atoms with Crippen molar-refractivity contribution >= 4 is 5.91 Å². The first kappa shape index (κ1) is 13.9. The van der Waals surface area contributed by atoms with E-state index >= 15 is 0 Å². The number of carbonyl (C=O) groups excluding carboxylic acids is 1. The Morgan fingerprint density at radius 3 is 2.33 bits per heavy atom. The summed E-state index contributed by atoms with van der Waals surface area (Å²) < 4.78 is 0. The molecule has 0 aromatic carbocycles. The molecule has 0 aromatic rings. The molecule has 0 fully saturated rings. The van der Waals surface area contributed by atoms with E-state index in [0.717, 1.165) is 0 Å². The van der Waals surface area contributed by atoms with Crippen LogP contribution in [0.4, 0.5) is 0 Å². The average Bonchev–Trinajstić information content (AvgIpc) is 2.24. The molecule has 0 spiro atoms. The Balaban J connectivity index is 4.34. The Hall–Kier alpha value is -1.08. The van der Waals surface area contributed by atoms with Crippen LogP contribution in [0.2, 0.25) is 0 Å². The third kappa shape index (κ3) is 3.88. The first-order valence-corrected chi connectivity index (χ1v) is 5.12. The number of rotatable bonds is 5. The fourth-order valence-electron chi connectivity index (χ4n) is 0.861. The van der Waals surface area contributed by atoms with Crippen molar-refractivity contribution in [3.8, 4) is 6.07 Å². The van der Waals surface area contributed by atoms with Gasteiger partial charge in [0.15, 0.2) is 0 Å². The molecule has 0 rings (SSSR count). The van der Waals surface area contributed by atoms with Crippen LogP contribution in [0.1, 0.15) is 34.1 Å². The van der Waals surface area contributed by atoms with E-state index in [-0.39, 0.29) is 17.9 Å². The third-order valence-electron chi connectivity index (χ3n) is 2.61. The SMILES string of the molecule is CCC(C)(C#N)C(=O)NCC(C)(C)CO. The molecule has 0 aliphatic carbocycles. The second kappa shape index (κ2) is 5.13. The van der Waals surface area contributed by atoms with Gasteiger partial charge >= 0.3 is 0 Å². The summed E-state index contributed by atoms with van der Waals surface area (Å²) in [7, 11) is 0. The van der Waals surface area contributed by atoms with Crippen LogP contribution < -0.4 is 5.32 Å². The molecule has 0 bridgehead atoms. The van der Waals surface area contributed by atoms with Gasteiger partial charge < -0.3 is 10.4 Å². The molecule has 0 aliphatic heterocycles.